The van der Waals surface area contributed by atoms with Gasteiger partial charge in [-0.2, -0.15) is 0 Å². The van der Waals surface area contributed by atoms with E-state index in [9.17, 15) is 0 Å². The minimum Gasteiger partial charge on any atom is -0.374 e. The molecule has 17 heavy (non-hydrogen) atoms. The molecule has 6 heteroatoms. The molecule has 0 bridgehead atoms. The summed E-state index contributed by atoms with van der Waals surface area (Å²) in [6, 6.07) is 0.903. The summed E-state index contributed by atoms with van der Waals surface area (Å²) in [7, 11) is 1.76. The highest BCUT2D eigenvalue weighted by Crippen LogP contribution is 2.18. The Hall–Kier alpha value is 0.347. The van der Waals surface area contributed by atoms with E-state index in [1.807, 2.05) is 20.8 Å². The van der Waals surface area contributed by atoms with Crippen LogP contribution in [0.4, 0.5) is 0 Å². The fourth-order valence-electron chi connectivity index (χ4n) is 1.61. The molecule has 0 saturated carbocycles. The van der Waals surface area contributed by atoms with Crippen molar-refractivity contribution in [2.45, 2.75) is 33.2 Å². The lowest BCUT2D eigenvalue weighted by Gasteiger charge is -2.28. The summed E-state index contributed by atoms with van der Waals surface area (Å²) >= 11 is 0. The molecule has 0 aromatic heterocycles. The number of hydrogen-bond donors (Lipinski definition) is 0. The zero-order valence-electron chi connectivity index (χ0n) is 11.8. The lowest BCUT2D eigenvalue weighted by atomic mass is 10.5. The Morgan fingerprint density at radius 1 is 0.882 bits per heavy atom. The smallest absolute Gasteiger partial charge is 0.374 e. The molecule has 0 aromatic rings. The second kappa shape index (κ2) is 11.4. The Labute approximate surface area is 113 Å². The molecule has 0 rings (SSSR count). The fourth-order valence-corrected chi connectivity index (χ4v) is 4.21. The first kappa shape index (κ1) is 19.7. The van der Waals surface area contributed by atoms with Crippen molar-refractivity contribution in [2.75, 3.05) is 40.5 Å². The molecule has 0 aromatic carbocycles. The highest BCUT2D eigenvalue weighted by atomic mass is 35.5. The molecular formula is C11H28ClNO3Si. The molecule has 0 N–H and O–H groups in total. The quantitative estimate of drug-likeness (QED) is 0.577. The summed E-state index contributed by atoms with van der Waals surface area (Å²) in [4.78, 5) is 2.17. The van der Waals surface area contributed by atoms with Crippen LogP contribution in [0.3, 0.4) is 0 Å². The van der Waals surface area contributed by atoms with Crippen LogP contribution < -0.4 is 0 Å². The molecule has 0 unspecified atom stereocenters. The first-order valence-electron chi connectivity index (χ1n) is 6.16. The molecule has 0 spiro atoms. The van der Waals surface area contributed by atoms with Crippen molar-refractivity contribution in [3.8, 4) is 0 Å². The second-order valence-corrected chi connectivity index (χ2v) is 6.62. The third kappa shape index (κ3) is 8.99. The van der Waals surface area contributed by atoms with Crippen LogP contribution in [-0.2, 0) is 13.3 Å². The van der Waals surface area contributed by atoms with Gasteiger partial charge >= 0.3 is 8.80 Å². The number of nitrogens with zero attached hydrogens (tertiary/aromatic N) is 1. The fraction of sp³-hybridized carbons (Fsp3) is 1.00. The van der Waals surface area contributed by atoms with Gasteiger partial charge in [0.2, 0.25) is 0 Å². The third-order valence-electron chi connectivity index (χ3n) is 2.18. The number of hydrogen-bond acceptors (Lipinski definition) is 4. The summed E-state index contributed by atoms with van der Waals surface area (Å²) in [6.45, 7) is 9.00. The van der Waals surface area contributed by atoms with Gasteiger partial charge in [0.15, 0.2) is 0 Å². The Morgan fingerprint density at radius 2 is 1.29 bits per heavy atom. The normalized spacial score (nSPS) is 11.6. The van der Waals surface area contributed by atoms with Gasteiger partial charge in [-0.05, 0) is 47.8 Å². The van der Waals surface area contributed by atoms with Gasteiger partial charge in [-0.25, -0.2) is 0 Å². The average molecular weight is 286 g/mol. The molecule has 4 nitrogen and oxygen atoms in total. The van der Waals surface area contributed by atoms with Gasteiger partial charge in [-0.1, -0.05) is 0 Å². The van der Waals surface area contributed by atoms with Gasteiger partial charge in [0.25, 0.3) is 0 Å². The van der Waals surface area contributed by atoms with Crippen molar-refractivity contribution in [3.63, 3.8) is 0 Å². The summed E-state index contributed by atoms with van der Waals surface area (Å²) in [5, 5.41) is 0. The van der Waals surface area contributed by atoms with Crippen LogP contribution in [-0.4, -0.2) is 54.2 Å². The summed E-state index contributed by atoms with van der Waals surface area (Å²) in [6.07, 6.45) is 1.05. The minimum absolute atomic E-state index is 0. The van der Waals surface area contributed by atoms with Crippen molar-refractivity contribution < 1.29 is 13.3 Å². The number of rotatable bonds is 10. The maximum Gasteiger partial charge on any atom is 0.500 e. The first-order valence-corrected chi connectivity index (χ1v) is 8.10. The second-order valence-electron chi connectivity index (χ2n) is 3.89. The molecule has 0 heterocycles. The van der Waals surface area contributed by atoms with Crippen LogP contribution in [0.25, 0.3) is 0 Å². The van der Waals surface area contributed by atoms with Crippen LogP contribution >= 0.6 is 12.4 Å². The van der Waals surface area contributed by atoms with Gasteiger partial charge in [0.05, 0.1) is 0 Å². The van der Waals surface area contributed by atoms with Crippen molar-refractivity contribution in [1.29, 1.82) is 0 Å². The number of halogens is 1. The van der Waals surface area contributed by atoms with E-state index in [0.717, 1.165) is 19.0 Å². The van der Waals surface area contributed by atoms with Crippen molar-refractivity contribution in [1.82, 2.24) is 4.90 Å². The van der Waals surface area contributed by atoms with Crippen LogP contribution in [0.5, 0.6) is 0 Å². The predicted molar refractivity (Wildman–Crippen MR) is 75.9 cm³/mol. The van der Waals surface area contributed by atoms with Crippen LogP contribution in [0.2, 0.25) is 6.04 Å². The molecule has 0 amide bonds. The van der Waals surface area contributed by atoms with Gasteiger partial charge in [-0.3, -0.25) is 0 Å². The van der Waals surface area contributed by atoms with Crippen LogP contribution in [0.1, 0.15) is 27.2 Å². The molecule has 0 radical (unpaired) electrons. The molecule has 0 saturated heterocycles. The largest absolute Gasteiger partial charge is 0.500 e. The highest BCUT2D eigenvalue weighted by Gasteiger charge is 2.39. The SMILES string of the molecule is CCO[Si](CCCN(C)C)(OCC)OCC.Cl. The van der Waals surface area contributed by atoms with Crippen LogP contribution in [0, 0.1) is 0 Å². The van der Waals surface area contributed by atoms with E-state index in [0.29, 0.717) is 19.8 Å². The van der Waals surface area contributed by atoms with Crippen molar-refractivity contribution in [2.24, 2.45) is 0 Å². The lowest BCUT2D eigenvalue weighted by Crippen LogP contribution is -2.46. The van der Waals surface area contributed by atoms with Crippen molar-refractivity contribution in [3.05, 3.63) is 0 Å². The molecule has 0 aliphatic heterocycles. The standard InChI is InChI=1S/C11H27NO3Si.ClH/c1-6-13-16(14-7-2,15-8-3)11-9-10-12(4)5;/h6-11H2,1-5H3;1H. The Kier molecular flexibility index (Phi) is 13.2. The van der Waals surface area contributed by atoms with E-state index in [4.69, 9.17) is 13.3 Å². The van der Waals surface area contributed by atoms with E-state index in [1.54, 1.807) is 0 Å². The molecule has 0 aliphatic carbocycles. The monoisotopic (exact) mass is 285 g/mol. The molecular weight excluding hydrogens is 258 g/mol. The van der Waals surface area contributed by atoms with E-state index in [1.165, 1.54) is 0 Å². The lowest BCUT2D eigenvalue weighted by molar-refractivity contribution is 0.0703. The molecule has 0 fully saturated rings. The van der Waals surface area contributed by atoms with Gasteiger partial charge in [-0.15, -0.1) is 12.4 Å². The highest BCUT2D eigenvalue weighted by molar-refractivity contribution is 6.60. The maximum atomic E-state index is 5.77. The minimum atomic E-state index is -2.39. The summed E-state index contributed by atoms with van der Waals surface area (Å²) < 4.78 is 17.3. The van der Waals surface area contributed by atoms with Gasteiger partial charge in [0.1, 0.15) is 0 Å². The maximum absolute atomic E-state index is 5.77. The average Bonchev–Trinajstić information content (AvgIpc) is 2.18. The summed E-state index contributed by atoms with van der Waals surface area (Å²) in [5.41, 5.74) is 0. The van der Waals surface area contributed by atoms with E-state index in [2.05, 4.69) is 19.0 Å². The Bertz CT molecular complexity index is 156. The van der Waals surface area contributed by atoms with E-state index < -0.39 is 8.80 Å². The first-order chi connectivity index (χ1) is 7.60. The van der Waals surface area contributed by atoms with E-state index in [-0.39, 0.29) is 12.4 Å². The van der Waals surface area contributed by atoms with Crippen molar-refractivity contribution >= 4 is 21.2 Å². The summed E-state index contributed by atoms with van der Waals surface area (Å²) in [5.74, 6) is 0. The third-order valence-corrected chi connectivity index (χ3v) is 5.33. The molecule has 106 valence electrons. The van der Waals surface area contributed by atoms with Gasteiger partial charge in [0, 0.05) is 25.9 Å². The Balaban J connectivity index is 0. The zero-order valence-corrected chi connectivity index (χ0v) is 13.6. The molecule has 0 aliphatic rings. The predicted octanol–water partition coefficient (Wildman–Crippen LogP) is 2.41. The zero-order chi connectivity index (χ0) is 12.4. The Morgan fingerprint density at radius 3 is 1.59 bits per heavy atom. The topological polar surface area (TPSA) is 30.9 Å². The van der Waals surface area contributed by atoms with Gasteiger partial charge < -0.3 is 18.2 Å². The van der Waals surface area contributed by atoms with Crippen LogP contribution in [0.15, 0.2) is 0 Å². The molecule has 0 atom stereocenters. The van der Waals surface area contributed by atoms with E-state index >= 15 is 0 Å².